The third-order valence-electron chi connectivity index (χ3n) is 6.20. The van der Waals surface area contributed by atoms with Gasteiger partial charge in [-0.2, -0.15) is 13.2 Å². The van der Waals surface area contributed by atoms with E-state index in [4.69, 9.17) is 4.74 Å². The third-order valence-corrected chi connectivity index (χ3v) is 6.20. The largest absolute Gasteiger partial charge is 0.497 e. The van der Waals surface area contributed by atoms with E-state index in [2.05, 4.69) is 4.90 Å². The summed E-state index contributed by atoms with van der Waals surface area (Å²) in [5.74, 6) is -0.224. The van der Waals surface area contributed by atoms with E-state index >= 15 is 0 Å². The zero-order valence-electron chi connectivity index (χ0n) is 18.3. The Hall–Kier alpha value is -3.23. The number of hydrogen-bond donors (Lipinski definition) is 0. The quantitative estimate of drug-likeness (QED) is 0.695. The van der Waals surface area contributed by atoms with Crippen molar-refractivity contribution in [3.05, 3.63) is 54.1 Å². The molecule has 2 aliphatic rings. The van der Waals surface area contributed by atoms with Gasteiger partial charge in [-0.1, -0.05) is 6.07 Å². The van der Waals surface area contributed by atoms with Gasteiger partial charge in [0.05, 0.1) is 18.6 Å². The molecule has 2 saturated heterocycles. The maximum atomic E-state index is 13.2. The molecule has 9 heteroatoms. The van der Waals surface area contributed by atoms with Crippen molar-refractivity contribution in [3.63, 3.8) is 0 Å². The molecule has 0 spiro atoms. The Morgan fingerprint density at radius 3 is 2.45 bits per heavy atom. The minimum Gasteiger partial charge on any atom is -0.497 e. The summed E-state index contributed by atoms with van der Waals surface area (Å²) in [7, 11) is 1.62. The normalized spacial score (nSPS) is 19.6. The van der Waals surface area contributed by atoms with Gasteiger partial charge in [-0.05, 0) is 48.9 Å². The van der Waals surface area contributed by atoms with Gasteiger partial charge >= 0.3 is 6.18 Å². The van der Waals surface area contributed by atoms with Gasteiger partial charge in [0.15, 0.2) is 0 Å². The number of anilines is 2. The number of benzene rings is 2. The van der Waals surface area contributed by atoms with E-state index in [1.54, 1.807) is 12.0 Å². The molecule has 6 nitrogen and oxygen atoms in total. The van der Waals surface area contributed by atoms with Crippen LogP contribution in [0.1, 0.15) is 18.4 Å². The van der Waals surface area contributed by atoms with E-state index in [0.717, 1.165) is 36.5 Å². The maximum absolute atomic E-state index is 13.2. The van der Waals surface area contributed by atoms with Crippen LogP contribution in [-0.4, -0.2) is 56.5 Å². The summed E-state index contributed by atoms with van der Waals surface area (Å²) >= 11 is 0. The average molecular weight is 461 g/mol. The van der Waals surface area contributed by atoms with Crippen LogP contribution in [0.15, 0.2) is 48.5 Å². The molecule has 2 heterocycles. The molecule has 176 valence electrons. The lowest BCUT2D eigenvalue weighted by molar-refractivity contribution is -0.137. The fourth-order valence-electron chi connectivity index (χ4n) is 4.42. The Morgan fingerprint density at radius 1 is 1.00 bits per heavy atom. The van der Waals surface area contributed by atoms with E-state index in [-0.39, 0.29) is 30.5 Å². The van der Waals surface area contributed by atoms with Crippen molar-refractivity contribution >= 4 is 23.2 Å². The lowest BCUT2D eigenvalue weighted by Gasteiger charge is -2.25. The second kappa shape index (κ2) is 9.33. The van der Waals surface area contributed by atoms with Gasteiger partial charge in [-0.25, -0.2) is 0 Å². The molecule has 2 aromatic carbocycles. The molecule has 0 N–H and O–H groups in total. The Morgan fingerprint density at radius 2 is 1.76 bits per heavy atom. The van der Waals surface area contributed by atoms with Crippen LogP contribution >= 0.6 is 0 Å². The van der Waals surface area contributed by atoms with E-state index in [1.165, 1.54) is 17.0 Å². The van der Waals surface area contributed by atoms with Crippen LogP contribution in [0.25, 0.3) is 0 Å². The van der Waals surface area contributed by atoms with Crippen molar-refractivity contribution in [2.75, 3.05) is 49.6 Å². The summed E-state index contributed by atoms with van der Waals surface area (Å²) in [6.07, 6.45) is -3.70. The van der Waals surface area contributed by atoms with Crippen molar-refractivity contribution in [2.45, 2.75) is 19.0 Å². The number of amides is 2. The third kappa shape index (κ3) is 5.07. The highest BCUT2D eigenvalue weighted by Crippen LogP contribution is 2.34. The summed E-state index contributed by atoms with van der Waals surface area (Å²) in [5.41, 5.74) is 0.414. The number of carbonyl (C=O) groups excluding carboxylic acids is 2. The monoisotopic (exact) mass is 461 g/mol. The first kappa shape index (κ1) is 22.9. The van der Waals surface area contributed by atoms with Crippen molar-refractivity contribution < 1.29 is 27.5 Å². The number of halogens is 3. The number of methoxy groups -OCH3 is 1. The second-order valence-corrected chi connectivity index (χ2v) is 8.32. The lowest BCUT2D eigenvalue weighted by Crippen LogP contribution is -2.40. The number of rotatable bonds is 4. The van der Waals surface area contributed by atoms with Gasteiger partial charge in [0.1, 0.15) is 5.75 Å². The van der Waals surface area contributed by atoms with E-state index in [0.29, 0.717) is 19.6 Å². The molecule has 1 unspecified atom stereocenters. The molecule has 0 aliphatic carbocycles. The zero-order chi connectivity index (χ0) is 23.6. The van der Waals surface area contributed by atoms with Crippen molar-refractivity contribution in [2.24, 2.45) is 5.92 Å². The molecule has 33 heavy (non-hydrogen) atoms. The van der Waals surface area contributed by atoms with Gasteiger partial charge in [0.2, 0.25) is 11.8 Å². The van der Waals surface area contributed by atoms with Gasteiger partial charge in [0.25, 0.3) is 0 Å². The van der Waals surface area contributed by atoms with Gasteiger partial charge in [-0.3, -0.25) is 9.59 Å². The molecule has 1 atom stereocenters. The Labute approximate surface area is 190 Å². The summed E-state index contributed by atoms with van der Waals surface area (Å²) in [6.45, 7) is 2.67. The number of ether oxygens (including phenoxy) is 1. The molecule has 2 amide bonds. The predicted octanol–water partition coefficient (Wildman–Crippen LogP) is 3.81. The minimum atomic E-state index is -4.49. The summed E-state index contributed by atoms with van der Waals surface area (Å²) in [5, 5.41) is 0. The first-order valence-corrected chi connectivity index (χ1v) is 10.9. The minimum absolute atomic E-state index is 0.00771. The number of hydrogen-bond acceptors (Lipinski definition) is 4. The molecule has 0 saturated carbocycles. The average Bonchev–Trinajstić information content (AvgIpc) is 3.03. The molecule has 0 aromatic heterocycles. The summed E-state index contributed by atoms with van der Waals surface area (Å²) in [6, 6.07) is 12.5. The van der Waals surface area contributed by atoms with E-state index in [1.807, 2.05) is 24.3 Å². The first-order chi connectivity index (χ1) is 15.8. The summed E-state index contributed by atoms with van der Waals surface area (Å²) in [4.78, 5) is 31.0. The van der Waals surface area contributed by atoms with Crippen LogP contribution in [0, 0.1) is 5.92 Å². The van der Waals surface area contributed by atoms with Gasteiger partial charge in [0, 0.05) is 50.5 Å². The molecular weight excluding hydrogens is 435 g/mol. The van der Waals surface area contributed by atoms with Crippen LogP contribution in [0.3, 0.4) is 0 Å². The number of carbonyl (C=O) groups is 2. The smallest absolute Gasteiger partial charge is 0.416 e. The van der Waals surface area contributed by atoms with Crippen LogP contribution in [0.5, 0.6) is 5.75 Å². The number of nitrogens with zero attached hydrogens (tertiary/aromatic N) is 3. The fourth-order valence-corrected chi connectivity index (χ4v) is 4.42. The van der Waals surface area contributed by atoms with Crippen LogP contribution in [0.4, 0.5) is 24.5 Å². The lowest BCUT2D eigenvalue weighted by atomic mass is 10.1. The SMILES string of the molecule is COc1ccc(N2CCCN(C(=O)C3CC(=O)N(c4cccc(C(F)(F)F)c4)C3)CC2)cc1. The topological polar surface area (TPSA) is 53.1 Å². The molecule has 2 fully saturated rings. The highest BCUT2D eigenvalue weighted by Gasteiger charge is 2.38. The van der Waals surface area contributed by atoms with Crippen molar-refractivity contribution in [3.8, 4) is 5.75 Å². The van der Waals surface area contributed by atoms with Gasteiger partial charge < -0.3 is 19.4 Å². The van der Waals surface area contributed by atoms with Crippen LogP contribution < -0.4 is 14.5 Å². The van der Waals surface area contributed by atoms with E-state index in [9.17, 15) is 22.8 Å². The highest BCUT2D eigenvalue weighted by atomic mass is 19.4. The fraction of sp³-hybridized carbons (Fsp3) is 0.417. The van der Waals surface area contributed by atoms with Crippen LogP contribution in [-0.2, 0) is 15.8 Å². The molecule has 2 aromatic rings. The zero-order valence-corrected chi connectivity index (χ0v) is 18.3. The van der Waals surface area contributed by atoms with Crippen molar-refractivity contribution in [1.29, 1.82) is 0 Å². The summed E-state index contributed by atoms with van der Waals surface area (Å²) < 4.78 is 44.4. The first-order valence-electron chi connectivity index (χ1n) is 10.9. The molecular formula is C24H26F3N3O3. The Bertz CT molecular complexity index is 1010. The Balaban J connectivity index is 1.40. The van der Waals surface area contributed by atoms with E-state index < -0.39 is 17.7 Å². The second-order valence-electron chi connectivity index (χ2n) is 8.32. The molecule has 4 rings (SSSR count). The number of alkyl halides is 3. The molecule has 0 bridgehead atoms. The van der Waals surface area contributed by atoms with Crippen LogP contribution in [0.2, 0.25) is 0 Å². The predicted molar refractivity (Wildman–Crippen MR) is 118 cm³/mol. The van der Waals surface area contributed by atoms with Gasteiger partial charge in [-0.15, -0.1) is 0 Å². The standard InChI is InChI=1S/C24H26F3N3O3/c1-33-21-8-6-19(7-9-21)28-10-3-11-29(13-12-28)23(32)17-14-22(31)30(16-17)20-5-2-4-18(15-20)24(25,26)27/h2,4-9,15,17H,3,10-14,16H2,1H3. The maximum Gasteiger partial charge on any atom is 0.416 e. The molecule has 0 radical (unpaired) electrons. The highest BCUT2D eigenvalue weighted by molar-refractivity contribution is 6.00. The molecule has 2 aliphatic heterocycles. The van der Waals surface area contributed by atoms with Crippen molar-refractivity contribution in [1.82, 2.24) is 4.90 Å². The Kier molecular flexibility index (Phi) is 6.49.